The topological polar surface area (TPSA) is 3.24 Å². The number of allylic oxidation sites excluding steroid dienone is 1. The molecule has 0 atom stereocenters. The summed E-state index contributed by atoms with van der Waals surface area (Å²) in [4.78, 5) is 1.99. The van der Waals surface area contributed by atoms with Crippen molar-refractivity contribution < 1.29 is 22.0 Å². The van der Waals surface area contributed by atoms with E-state index in [1.165, 1.54) is 18.6 Å². The van der Waals surface area contributed by atoms with Gasteiger partial charge in [-0.25, -0.2) is 8.78 Å². The van der Waals surface area contributed by atoms with Crippen molar-refractivity contribution in [3.05, 3.63) is 111 Å². The lowest BCUT2D eigenvalue weighted by Gasteiger charge is -2.34. The van der Waals surface area contributed by atoms with Gasteiger partial charge in [-0.15, -0.1) is 0 Å². The van der Waals surface area contributed by atoms with Gasteiger partial charge >= 0.3 is 6.18 Å². The van der Waals surface area contributed by atoms with Crippen molar-refractivity contribution in [3.8, 4) is 0 Å². The van der Waals surface area contributed by atoms with Crippen LogP contribution in [-0.4, -0.2) is 31.0 Å². The largest absolute Gasteiger partial charge is 0.417 e. The Labute approximate surface area is 220 Å². The summed E-state index contributed by atoms with van der Waals surface area (Å²) in [5.74, 6) is 0. The second-order valence-corrected chi connectivity index (χ2v) is 10.2. The molecule has 38 heavy (non-hydrogen) atoms. The third-order valence-corrected chi connectivity index (χ3v) is 7.43. The number of hydrogen-bond acceptors (Lipinski definition) is 1. The molecule has 1 nitrogen and oxygen atoms in total. The van der Waals surface area contributed by atoms with Crippen LogP contribution < -0.4 is 0 Å². The summed E-state index contributed by atoms with van der Waals surface area (Å²) in [6.45, 7) is 3.28. The van der Waals surface area contributed by atoms with E-state index in [4.69, 9.17) is 0 Å². The molecular weight excluding hydrogens is 493 g/mol. The fourth-order valence-corrected chi connectivity index (χ4v) is 5.66. The second kappa shape index (κ2) is 10.9. The average molecular weight is 524 g/mol. The van der Waals surface area contributed by atoms with Gasteiger partial charge in [0.2, 0.25) is 6.43 Å². The van der Waals surface area contributed by atoms with Crippen molar-refractivity contribution in [2.75, 3.05) is 19.6 Å². The summed E-state index contributed by atoms with van der Waals surface area (Å²) in [6.07, 6.45) is -2.64. The molecular formula is C32H30F5N. The standard InChI is InChI=1S/C32H30F5N/c1-21-6-4-11-28(31(21)32(35,36)37)27-10-5-8-24-7-2-3-9-26(24)30(27)25-14-12-22(13-15-25)18-23-19-38(20-23)17-16-29(33)34/h2-4,6-7,9,11-15,18,29H,5,8,10,16-17,19-20H2,1H3. The van der Waals surface area contributed by atoms with E-state index in [1.54, 1.807) is 12.1 Å². The van der Waals surface area contributed by atoms with Gasteiger partial charge in [-0.2, -0.15) is 13.2 Å². The SMILES string of the molecule is Cc1cccc(C2=C(c3ccc(C=C4CN(CCC(F)F)C4)cc3)c3ccccc3CCC2)c1C(F)(F)F. The lowest BCUT2D eigenvalue weighted by atomic mass is 9.85. The van der Waals surface area contributed by atoms with Gasteiger partial charge in [-0.05, 0) is 76.3 Å². The van der Waals surface area contributed by atoms with Crippen LogP contribution in [0.15, 0.2) is 72.3 Å². The van der Waals surface area contributed by atoms with Crippen molar-refractivity contribution in [2.45, 2.75) is 45.2 Å². The monoisotopic (exact) mass is 523 g/mol. The number of fused-ring (bicyclic) bond motifs is 1. The van der Waals surface area contributed by atoms with Gasteiger partial charge in [0.25, 0.3) is 0 Å². The van der Waals surface area contributed by atoms with Crippen LogP contribution in [0.3, 0.4) is 0 Å². The van der Waals surface area contributed by atoms with Crippen LogP contribution in [-0.2, 0) is 12.6 Å². The highest BCUT2D eigenvalue weighted by Gasteiger charge is 2.36. The summed E-state index contributed by atoms with van der Waals surface area (Å²) < 4.78 is 67.6. The fraction of sp³-hybridized carbons (Fsp3) is 0.312. The van der Waals surface area contributed by atoms with Gasteiger partial charge < -0.3 is 0 Å². The first-order valence-corrected chi connectivity index (χ1v) is 13.0. The maximum atomic E-state index is 14.3. The van der Waals surface area contributed by atoms with Crippen LogP contribution in [0.1, 0.15) is 58.2 Å². The first-order chi connectivity index (χ1) is 18.2. The first-order valence-electron chi connectivity index (χ1n) is 13.0. The molecule has 0 spiro atoms. The molecule has 1 heterocycles. The van der Waals surface area contributed by atoms with Crippen LogP contribution in [0.5, 0.6) is 0 Å². The van der Waals surface area contributed by atoms with E-state index < -0.39 is 18.2 Å². The quantitative estimate of drug-likeness (QED) is 0.292. The van der Waals surface area contributed by atoms with Crippen LogP contribution in [0.4, 0.5) is 22.0 Å². The van der Waals surface area contributed by atoms with Crippen molar-refractivity contribution in [3.63, 3.8) is 0 Å². The normalized spacial score (nSPS) is 16.3. The number of likely N-dealkylation sites (tertiary alicyclic amines) is 1. The number of halogens is 5. The van der Waals surface area contributed by atoms with Crippen LogP contribution in [0, 0.1) is 6.92 Å². The smallest absolute Gasteiger partial charge is 0.295 e. The molecule has 0 unspecified atom stereocenters. The van der Waals surface area contributed by atoms with Crippen LogP contribution >= 0.6 is 0 Å². The lowest BCUT2D eigenvalue weighted by molar-refractivity contribution is -0.138. The number of rotatable bonds is 6. The zero-order valence-electron chi connectivity index (χ0n) is 21.3. The minimum Gasteiger partial charge on any atom is -0.295 e. The van der Waals surface area contributed by atoms with Gasteiger partial charge in [0, 0.05) is 26.1 Å². The number of benzene rings is 3. The number of alkyl halides is 5. The Morgan fingerprint density at radius 3 is 2.29 bits per heavy atom. The minimum atomic E-state index is -4.45. The number of hydrogen-bond donors (Lipinski definition) is 0. The predicted octanol–water partition coefficient (Wildman–Crippen LogP) is 8.66. The first kappa shape index (κ1) is 26.4. The third kappa shape index (κ3) is 5.60. The number of nitrogens with zero attached hydrogens (tertiary/aromatic N) is 1. The van der Waals surface area contributed by atoms with E-state index in [1.807, 2.05) is 47.4 Å². The van der Waals surface area contributed by atoms with E-state index in [-0.39, 0.29) is 17.5 Å². The zero-order valence-corrected chi connectivity index (χ0v) is 21.3. The van der Waals surface area contributed by atoms with E-state index in [2.05, 4.69) is 12.1 Å². The van der Waals surface area contributed by atoms with Gasteiger partial charge in [0.05, 0.1) is 5.56 Å². The molecule has 1 saturated heterocycles. The maximum Gasteiger partial charge on any atom is 0.417 e. The molecule has 1 aliphatic carbocycles. The van der Waals surface area contributed by atoms with E-state index in [0.717, 1.165) is 46.2 Å². The molecule has 0 radical (unpaired) electrons. The Morgan fingerprint density at radius 1 is 0.868 bits per heavy atom. The van der Waals surface area contributed by atoms with Crippen molar-refractivity contribution in [1.29, 1.82) is 0 Å². The summed E-state index contributed by atoms with van der Waals surface area (Å²) >= 11 is 0. The van der Waals surface area contributed by atoms with Gasteiger partial charge in [0.1, 0.15) is 0 Å². The molecule has 3 aromatic carbocycles. The highest BCUT2D eigenvalue weighted by molar-refractivity contribution is 6.00. The molecule has 0 bridgehead atoms. The molecule has 5 rings (SSSR count). The summed E-state index contributed by atoms with van der Waals surface area (Å²) in [6, 6.07) is 20.8. The Bertz CT molecular complexity index is 1360. The Balaban J connectivity index is 1.54. The zero-order chi connectivity index (χ0) is 26.9. The van der Waals surface area contributed by atoms with Gasteiger partial charge in [0.15, 0.2) is 0 Å². The molecule has 1 fully saturated rings. The van der Waals surface area contributed by atoms with E-state index in [0.29, 0.717) is 26.1 Å². The Morgan fingerprint density at radius 2 is 1.58 bits per heavy atom. The molecule has 0 aromatic heterocycles. The molecule has 1 aliphatic heterocycles. The highest BCUT2D eigenvalue weighted by atomic mass is 19.4. The third-order valence-electron chi connectivity index (χ3n) is 7.43. The fourth-order valence-electron chi connectivity index (χ4n) is 5.66. The van der Waals surface area contributed by atoms with Crippen molar-refractivity contribution in [2.24, 2.45) is 0 Å². The summed E-state index contributed by atoms with van der Waals surface area (Å²) in [7, 11) is 0. The van der Waals surface area contributed by atoms with Crippen molar-refractivity contribution in [1.82, 2.24) is 4.90 Å². The molecule has 0 amide bonds. The molecule has 0 N–H and O–H groups in total. The molecule has 0 saturated carbocycles. The maximum absolute atomic E-state index is 14.3. The predicted molar refractivity (Wildman–Crippen MR) is 143 cm³/mol. The number of aryl methyl sites for hydroxylation is 2. The minimum absolute atomic E-state index is 0.113. The second-order valence-electron chi connectivity index (χ2n) is 10.2. The Kier molecular flexibility index (Phi) is 7.53. The van der Waals surface area contributed by atoms with E-state index >= 15 is 0 Å². The Hall–Kier alpha value is -3.25. The summed E-state index contributed by atoms with van der Waals surface area (Å²) in [5, 5.41) is 0. The lowest BCUT2D eigenvalue weighted by Crippen LogP contribution is -2.40. The average Bonchev–Trinajstić information content (AvgIpc) is 3.04. The van der Waals surface area contributed by atoms with Gasteiger partial charge in [-0.3, -0.25) is 4.90 Å². The van der Waals surface area contributed by atoms with Gasteiger partial charge in [-0.1, -0.05) is 72.8 Å². The molecule has 3 aromatic rings. The highest BCUT2D eigenvalue weighted by Crippen LogP contribution is 2.44. The van der Waals surface area contributed by atoms with Crippen LogP contribution in [0.25, 0.3) is 17.2 Å². The molecule has 198 valence electrons. The van der Waals surface area contributed by atoms with Crippen molar-refractivity contribution >= 4 is 17.2 Å². The summed E-state index contributed by atoms with van der Waals surface area (Å²) in [5.41, 5.74) is 6.69. The van der Waals surface area contributed by atoms with Crippen LogP contribution in [0.2, 0.25) is 0 Å². The molecule has 2 aliphatic rings. The molecule has 6 heteroatoms. The van der Waals surface area contributed by atoms with E-state index in [9.17, 15) is 22.0 Å².